The summed E-state index contributed by atoms with van der Waals surface area (Å²) >= 11 is 0. The number of rotatable bonds is 3. The largest absolute Gasteiger partial charge is 0.450 e. The van der Waals surface area contributed by atoms with E-state index in [1.807, 2.05) is 19.1 Å². The first-order chi connectivity index (χ1) is 17.4. The van der Waals surface area contributed by atoms with E-state index in [9.17, 15) is 25.2 Å². The van der Waals surface area contributed by atoms with Crippen molar-refractivity contribution in [2.24, 2.45) is 34.5 Å². The van der Waals surface area contributed by atoms with Crippen molar-refractivity contribution in [2.45, 2.75) is 65.0 Å². The van der Waals surface area contributed by atoms with Gasteiger partial charge >= 0.3 is 5.97 Å². The monoisotopic (exact) mass is 508 g/mol. The Labute approximate surface area is 216 Å². The summed E-state index contributed by atoms with van der Waals surface area (Å²) in [6, 6.07) is 5.41. The van der Waals surface area contributed by atoms with E-state index >= 15 is 0 Å². The predicted molar refractivity (Wildman–Crippen MR) is 135 cm³/mol. The fourth-order valence-electron chi connectivity index (χ4n) is 8.42. The molecule has 4 aliphatic rings. The fourth-order valence-corrected chi connectivity index (χ4v) is 8.42. The summed E-state index contributed by atoms with van der Waals surface area (Å²) in [6.45, 7) is 9.40. The van der Waals surface area contributed by atoms with Gasteiger partial charge in [-0.05, 0) is 66.7 Å². The SMILES string of the molecule is CC1=C[C@]23C(O)[C@@H](C=C(CO)[C@@H](O)[C@]2(O)[C@H]1OC(=O)c1c(C)nc2ccccn12)[C@H]1[C@@H](C[C@H]3C)C1(C)C. The van der Waals surface area contributed by atoms with Crippen LogP contribution in [-0.2, 0) is 4.74 Å². The van der Waals surface area contributed by atoms with E-state index in [0.29, 0.717) is 22.8 Å². The molecule has 8 heteroatoms. The maximum Gasteiger partial charge on any atom is 0.357 e. The summed E-state index contributed by atoms with van der Waals surface area (Å²) in [5.74, 6) is -0.745. The lowest BCUT2D eigenvalue weighted by atomic mass is 9.58. The van der Waals surface area contributed by atoms with Crippen LogP contribution < -0.4 is 0 Å². The number of esters is 1. The van der Waals surface area contributed by atoms with Crippen molar-refractivity contribution in [3.05, 3.63) is 59.1 Å². The number of aromatic nitrogens is 2. The zero-order valence-corrected chi connectivity index (χ0v) is 21.9. The van der Waals surface area contributed by atoms with Crippen LogP contribution in [0.25, 0.3) is 5.65 Å². The number of aryl methyl sites for hydroxylation is 1. The lowest BCUT2D eigenvalue weighted by Gasteiger charge is -2.52. The Bertz CT molecular complexity index is 1360. The molecule has 0 saturated heterocycles. The van der Waals surface area contributed by atoms with Crippen LogP contribution in [0.3, 0.4) is 0 Å². The number of pyridine rings is 1. The van der Waals surface area contributed by atoms with Gasteiger partial charge in [-0.25, -0.2) is 9.78 Å². The minimum atomic E-state index is -2.07. The molecule has 37 heavy (non-hydrogen) atoms. The average molecular weight is 509 g/mol. The molecule has 4 N–H and O–H groups in total. The Morgan fingerprint density at radius 2 is 1.97 bits per heavy atom. The first-order valence-electron chi connectivity index (χ1n) is 13.1. The van der Waals surface area contributed by atoms with Gasteiger partial charge in [0.05, 0.1) is 23.8 Å². The van der Waals surface area contributed by atoms with Gasteiger partial charge in [-0.3, -0.25) is 4.40 Å². The van der Waals surface area contributed by atoms with Gasteiger partial charge in [0.15, 0.2) is 11.8 Å². The van der Waals surface area contributed by atoms with Gasteiger partial charge in [0, 0.05) is 12.1 Å². The van der Waals surface area contributed by atoms with Crippen LogP contribution in [-0.4, -0.2) is 66.3 Å². The molecule has 9 atom stereocenters. The highest BCUT2D eigenvalue weighted by molar-refractivity contribution is 5.90. The van der Waals surface area contributed by atoms with Crippen LogP contribution in [0.1, 0.15) is 50.3 Å². The highest BCUT2D eigenvalue weighted by Crippen LogP contribution is 2.72. The van der Waals surface area contributed by atoms with E-state index in [-0.39, 0.29) is 34.4 Å². The predicted octanol–water partition coefficient (Wildman–Crippen LogP) is 2.43. The van der Waals surface area contributed by atoms with Crippen molar-refractivity contribution >= 4 is 11.6 Å². The molecular formula is C29H36N2O6. The molecule has 1 spiro atoms. The van der Waals surface area contributed by atoms with Crippen molar-refractivity contribution in [3.63, 3.8) is 0 Å². The van der Waals surface area contributed by atoms with Gasteiger partial charge in [-0.1, -0.05) is 39.0 Å². The van der Waals surface area contributed by atoms with Crippen molar-refractivity contribution in [2.75, 3.05) is 6.61 Å². The zero-order chi connectivity index (χ0) is 26.7. The van der Waals surface area contributed by atoms with Crippen molar-refractivity contribution in [3.8, 4) is 0 Å². The maximum absolute atomic E-state index is 13.6. The quantitative estimate of drug-likeness (QED) is 0.371. The molecule has 6 rings (SSSR count). The lowest BCUT2D eigenvalue weighted by Crippen LogP contribution is -2.66. The lowest BCUT2D eigenvalue weighted by molar-refractivity contribution is -0.215. The highest BCUT2D eigenvalue weighted by Gasteiger charge is 2.76. The first kappa shape index (κ1) is 24.8. The Hall–Kier alpha value is -2.52. The molecule has 2 aromatic rings. The van der Waals surface area contributed by atoms with Crippen LogP contribution in [0.5, 0.6) is 0 Å². The molecule has 2 bridgehead atoms. The smallest absolute Gasteiger partial charge is 0.357 e. The van der Waals surface area contributed by atoms with Gasteiger partial charge in [0.2, 0.25) is 0 Å². The van der Waals surface area contributed by atoms with E-state index < -0.39 is 41.9 Å². The number of ether oxygens (including phenoxy) is 1. The number of imidazole rings is 1. The van der Waals surface area contributed by atoms with Crippen molar-refractivity contribution in [1.82, 2.24) is 9.38 Å². The van der Waals surface area contributed by atoms with Gasteiger partial charge in [-0.15, -0.1) is 0 Å². The van der Waals surface area contributed by atoms with Crippen LogP contribution in [0.15, 0.2) is 47.7 Å². The third-order valence-electron chi connectivity index (χ3n) is 10.3. The molecule has 2 fully saturated rings. The highest BCUT2D eigenvalue weighted by atomic mass is 16.6. The number of hydrogen-bond donors (Lipinski definition) is 4. The minimum Gasteiger partial charge on any atom is -0.450 e. The molecule has 0 aromatic carbocycles. The van der Waals surface area contributed by atoms with E-state index in [1.165, 1.54) is 0 Å². The molecule has 4 aliphatic carbocycles. The number of hydrogen-bond acceptors (Lipinski definition) is 7. The van der Waals surface area contributed by atoms with Crippen LogP contribution in [0, 0.1) is 41.4 Å². The molecular weight excluding hydrogens is 472 g/mol. The van der Waals surface area contributed by atoms with Crippen molar-refractivity contribution in [1.29, 1.82) is 0 Å². The number of carbonyl (C=O) groups is 1. The Balaban J connectivity index is 1.47. The van der Waals surface area contributed by atoms with Gasteiger partial charge in [-0.2, -0.15) is 0 Å². The van der Waals surface area contributed by atoms with E-state index in [0.717, 1.165) is 6.42 Å². The number of nitrogens with zero attached hydrogens (tertiary/aromatic N) is 2. The summed E-state index contributed by atoms with van der Waals surface area (Å²) in [7, 11) is 0. The fraction of sp³-hybridized carbons (Fsp3) is 0.586. The molecule has 8 nitrogen and oxygen atoms in total. The van der Waals surface area contributed by atoms with E-state index in [2.05, 4.69) is 18.8 Å². The molecule has 198 valence electrons. The summed E-state index contributed by atoms with van der Waals surface area (Å²) < 4.78 is 7.69. The Morgan fingerprint density at radius 1 is 1.24 bits per heavy atom. The second kappa shape index (κ2) is 7.76. The van der Waals surface area contributed by atoms with Gasteiger partial charge in [0.25, 0.3) is 0 Å². The second-order valence-corrected chi connectivity index (χ2v) is 12.3. The molecule has 1 unspecified atom stereocenters. The molecule has 0 amide bonds. The average Bonchev–Trinajstić information content (AvgIpc) is 3.14. The summed E-state index contributed by atoms with van der Waals surface area (Å²) in [5.41, 5.74) is -1.18. The first-order valence-corrected chi connectivity index (χ1v) is 13.1. The third-order valence-corrected chi connectivity index (χ3v) is 10.3. The molecule has 2 saturated carbocycles. The molecule has 2 aromatic heterocycles. The summed E-state index contributed by atoms with van der Waals surface area (Å²) in [6.07, 6.45) is 2.31. The normalized spacial score (nSPS) is 41.7. The second-order valence-electron chi connectivity index (χ2n) is 12.3. The molecule has 2 heterocycles. The number of carbonyl (C=O) groups excluding carboxylic acids is 1. The summed E-state index contributed by atoms with van der Waals surface area (Å²) in [5, 5.41) is 46.6. The van der Waals surface area contributed by atoms with E-state index in [1.54, 1.807) is 42.7 Å². The van der Waals surface area contributed by atoms with Gasteiger partial charge in [0.1, 0.15) is 17.4 Å². The standard InChI is InChI=1S/C29H36N2O6/c1-14-12-28-15(2)10-19-21(27(19,4)5)18(24(28)34)11-17(13-32)23(33)29(28,36)25(14)37-26(35)22-16(3)30-20-8-6-7-9-31(20)22/h6-9,11-12,15,18-19,21,23-25,32-34,36H,10,13H2,1-5H3/t15-,18+,19-,21+,23-,24?,25+,28+,29+/m1/s1. The Kier molecular flexibility index (Phi) is 5.20. The number of fused-ring (bicyclic) bond motifs is 4. The molecule has 0 radical (unpaired) electrons. The number of aliphatic hydroxyl groups is 4. The van der Waals surface area contributed by atoms with Crippen LogP contribution >= 0.6 is 0 Å². The minimum absolute atomic E-state index is 0.00973. The zero-order valence-electron chi connectivity index (χ0n) is 21.9. The molecule has 0 aliphatic heterocycles. The third kappa shape index (κ3) is 2.93. The summed E-state index contributed by atoms with van der Waals surface area (Å²) in [4.78, 5) is 18.1. The van der Waals surface area contributed by atoms with Crippen molar-refractivity contribution < 1.29 is 30.0 Å². The Morgan fingerprint density at radius 3 is 2.68 bits per heavy atom. The van der Waals surface area contributed by atoms with Crippen LogP contribution in [0.2, 0.25) is 0 Å². The van der Waals surface area contributed by atoms with Crippen LogP contribution in [0.4, 0.5) is 0 Å². The topological polar surface area (TPSA) is 125 Å². The maximum atomic E-state index is 13.6. The van der Waals surface area contributed by atoms with E-state index in [4.69, 9.17) is 4.74 Å². The number of aliphatic hydroxyl groups excluding tert-OH is 3. The van der Waals surface area contributed by atoms with Gasteiger partial charge < -0.3 is 25.2 Å².